The van der Waals surface area contributed by atoms with Gasteiger partial charge < -0.3 is 4.57 Å². The van der Waals surface area contributed by atoms with Crippen molar-refractivity contribution in [1.82, 2.24) is 14.3 Å². The fourth-order valence-electron chi connectivity index (χ4n) is 3.29. The lowest BCUT2D eigenvalue weighted by Crippen LogP contribution is -2.05. The van der Waals surface area contributed by atoms with Crippen LogP contribution in [0, 0.1) is 17.8 Å². The molecular weight excluding hydrogens is 454 g/mol. The summed E-state index contributed by atoms with van der Waals surface area (Å²) in [5, 5.41) is 5.22. The number of halogens is 1. The van der Waals surface area contributed by atoms with Crippen molar-refractivity contribution < 1.29 is 4.79 Å². The molecule has 4 nitrogen and oxygen atoms in total. The zero-order chi connectivity index (χ0) is 21.3. The summed E-state index contributed by atoms with van der Waals surface area (Å²) < 4.78 is 5.20. The van der Waals surface area contributed by atoms with Gasteiger partial charge in [-0.3, -0.25) is 4.79 Å². The molecule has 0 aliphatic rings. The van der Waals surface area contributed by atoms with Gasteiger partial charge in [0.15, 0.2) is 14.1 Å². The summed E-state index contributed by atoms with van der Waals surface area (Å²) in [7, 11) is 0. The smallest absolute Gasteiger partial charge is 0.184 e. The number of Topliss-reactive ketones (excluding diaryl/α,β-unsaturated/α-hetero) is 1. The number of aromatic nitrogens is 3. The molecule has 2 aromatic carbocycles. The molecule has 0 amide bonds. The third-order valence-corrected chi connectivity index (χ3v) is 7.29. The first-order valence-corrected chi connectivity index (χ1v) is 11.8. The number of carbonyl (C=O) groups is 1. The first kappa shape index (κ1) is 21.1. The van der Waals surface area contributed by atoms with E-state index in [0.29, 0.717) is 14.7 Å². The summed E-state index contributed by atoms with van der Waals surface area (Å²) in [4.78, 5) is 12.9. The van der Waals surface area contributed by atoms with Crippen LogP contribution in [0.1, 0.15) is 21.7 Å². The summed E-state index contributed by atoms with van der Waals surface area (Å²) in [6, 6.07) is 19.4. The Morgan fingerprint density at radius 3 is 2.50 bits per heavy atom. The second-order valence-electron chi connectivity index (χ2n) is 6.69. The minimum absolute atomic E-state index is 0.0782. The van der Waals surface area contributed by atoms with Crippen molar-refractivity contribution in [2.24, 2.45) is 0 Å². The van der Waals surface area contributed by atoms with Gasteiger partial charge in [-0.2, -0.15) is 0 Å². The molecule has 0 spiro atoms. The number of para-hydroxylation sites is 1. The maximum Gasteiger partial charge on any atom is 0.184 e. The summed E-state index contributed by atoms with van der Waals surface area (Å²) in [6.07, 6.45) is 0. The Labute approximate surface area is 193 Å². The molecule has 0 aliphatic carbocycles. The van der Waals surface area contributed by atoms with Gasteiger partial charge in [0.05, 0.1) is 11.4 Å². The van der Waals surface area contributed by atoms with Crippen molar-refractivity contribution in [1.29, 1.82) is 0 Å². The fourth-order valence-corrected chi connectivity index (χ4v) is 5.66. The fraction of sp³-hybridized carbons (Fsp3) is 0.136. The van der Waals surface area contributed by atoms with Gasteiger partial charge in [0.2, 0.25) is 0 Å². The highest BCUT2D eigenvalue weighted by molar-refractivity contribution is 8.01. The molecule has 0 aliphatic heterocycles. The number of carbonyl (C=O) groups excluding carboxylic acids is 1. The third kappa shape index (κ3) is 4.30. The van der Waals surface area contributed by atoms with Crippen molar-refractivity contribution in [2.45, 2.75) is 18.2 Å². The standard InChI is InChI=1S/C22H18ClN3OS3/c1-14-12-19(15(2)25(14)17-6-4-3-5-7-17)20(27)13-29-21-24-26(22(28)30-21)18-10-8-16(23)9-11-18/h3-12H,13H2,1-2H3. The lowest BCUT2D eigenvalue weighted by molar-refractivity contribution is 0.102. The summed E-state index contributed by atoms with van der Waals surface area (Å²) in [6.45, 7) is 4.00. The van der Waals surface area contributed by atoms with Gasteiger partial charge in [-0.15, -0.1) is 5.10 Å². The van der Waals surface area contributed by atoms with Gasteiger partial charge in [0.25, 0.3) is 0 Å². The molecule has 2 heterocycles. The maximum atomic E-state index is 12.9. The number of ketones is 1. The molecule has 152 valence electrons. The molecule has 0 unspecified atom stereocenters. The predicted octanol–water partition coefficient (Wildman–Crippen LogP) is 6.70. The molecule has 0 atom stereocenters. The Morgan fingerprint density at radius 1 is 1.10 bits per heavy atom. The molecule has 8 heteroatoms. The van der Waals surface area contributed by atoms with Crippen LogP contribution in [0.2, 0.25) is 5.02 Å². The third-order valence-electron chi connectivity index (χ3n) is 4.67. The molecule has 0 radical (unpaired) electrons. The first-order valence-electron chi connectivity index (χ1n) is 9.20. The molecule has 0 fully saturated rings. The molecule has 0 N–H and O–H groups in total. The summed E-state index contributed by atoms with van der Waals surface area (Å²) in [5.74, 6) is 0.386. The van der Waals surface area contributed by atoms with Gasteiger partial charge in [-0.05, 0) is 68.5 Å². The second kappa shape index (κ2) is 8.89. The number of nitrogens with zero attached hydrogens (tertiary/aromatic N) is 3. The van der Waals surface area contributed by atoms with Crippen LogP contribution >= 0.6 is 46.9 Å². The normalized spacial score (nSPS) is 11.0. The van der Waals surface area contributed by atoms with Crippen LogP contribution in [0.15, 0.2) is 65.0 Å². The minimum atomic E-state index is 0.0782. The molecule has 4 rings (SSSR count). The highest BCUT2D eigenvalue weighted by atomic mass is 35.5. The van der Waals surface area contributed by atoms with E-state index in [1.165, 1.54) is 23.1 Å². The summed E-state index contributed by atoms with van der Waals surface area (Å²) in [5.41, 5.74) is 4.63. The van der Waals surface area contributed by atoms with Crippen LogP contribution in [-0.2, 0) is 0 Å². The van der Waals surface area contributed by atoms with E-state index in [0.717, 1.165) is 32.7 Å². The number of hydrogen-bond acceptors (Lipinski definition) is 5. The highest BCUT2D eigenvalue weighted by Gasteiger charge is 2.18. The van der Waals surface area contributed by atoms with E-state index in [9.17, 15) is 4.79 Å². The van der Waals surface area contributed by atoms with E-state index in [4.69, 9.17) is 23.8 Å². The number of aryl methyl sites for hydroxylation is 1. The Morgan fingerprint density at radius 2 is 1.80 bits per heavy atom. The van der Waals surface area contributed by atoms with Crippen LogP contribution in [0.25, 0.3) is 11.4 Å². The zero-order valence-electron chi connectivity index (χ0n) is 16.3. The van der Waals surface area contributed by atoms with Crippen molar-refractivity contribution in [3.63, 3.8) is 0 Å². The van der Waals surface area contributed by atoms with Crippen molar-refractivity contribution >= 4 is 52.7 Å². The number of rotatable bonds is 6. The SMILES string of the molecule is Cc1cc(C(=O)CSc2nn(-c3ccc(Cl)cc3)c(=S)s2)c(C)n1-c1ccccc1. The van der Waals surface area contributed by atoms with Crippen molar-refractivity contribution in [3.8, 4) is 11.4 Å². The lowest BCUT2D eigenvalue weighted by atomic mass is 10.2. The summed E-state index contributed by atoms with van der Waals surface area (Å²) >= 11 is 14.2. The van der Waals surface area contributed by atoms with E-state index in [1.54, 1.807) is 16.8 Å². The quantitative estimate of drug-likeness (QED) is 0.178. The molecule has 0 saturated heterocycles. The van der Waals surface area contributed by atoms with Crippen LogP contribution in [-0.4, -0.2) is 25.9 Å². The predicted molar refractivity (Wildman–Crippen MR) is 128 cm³/mol. The van der Waals surface area contributed by atoms with Gasteiger partial charge in [0, 0.05) is 27.7 Å². The first-order chi connectivity index (χ1) is 14.4. The molecule has 0 saturated carbocycles. The Bertz CT molecular complexity index is 1260. The van der Waals surface area contributed by atoms with E-state index in [-0.39, 0.29) is 5.78 Å². The van der Waals surface area contributed by atoms with Crippen LogP contribution in [0.5, 0.6) is 0 Å². The van der Waals surface area contributed by atoms with E-state index in [2.05, 4.69) is 9.67 Å². The van der Waals surface area contributed by atoms with Crippen molar-refractivity contribution in [3.05, 3.63) is 86.6 Å². The van der Waals surface area contributed by atoms with Crippen molar-refractivity contribution in [2.75, 3.05) is 5.75 Å². The lowest BCUT2D eigenvalue weighted by Gasteiger charge is -2.09. The average Bonchev–Trinajstić information content (AvgIpc) is 3.26. The van der Waals surface area contributed by atoms with Gasteiger partial charge in [0.1, 0.15) is 0 Å². The Kier molecular flexibility index (Phi) is 6.24. The number of hydrogen-bond donors (Lipinski definition) is 0. The molecule has 4 aromatic rings. The largest absolute Gasteiger partial charge is 0.318 e. The van der Waals surface area contributed by atoms with E-state index >= 15 is 0 Å². The van der Waals surface area contributed by atoms with Gasteiger partial charge in [-0.25, -0.2) is 4.68 Å². The Balaban J connectivity index is 1.52. The molecule has 2 aromatic heterocycles. The molecule has 30 heavy (non-hydrogen) atoms. The van der Waals surface area contributed by atoms with Gasteiger partial charge in [-0.1, -0.05) is 52.9 Å². The maximum absolute atomic E-state index is 12.9. The monoisotopic (exact) mass is 471 g/mol. The topological polar surface area (TPSA) is 39.8 Å². The number of thioether (sulfide) groups is 1. The van der Waals surface area contributed by atoms with E-state index in [1.807, 2.05) is 62.4 Å². The van der Waals surface area contributed by atoms with Gasteiger partial charge >= 0.3 is 0 Å². The highest BCUT2D eigenvalue weighted by Crippen LogP contribution is 2.27. The molecule has 0 bridgehead atoms. The molecular formula is C22H18ClN3OS3. The number of benzene rings is 2. The van der Waals surface area contributed by atoms with Crippen LogP contribution < -0.4 is 0 Å². The Hall–Kier alpha value is -2.19. The van der Waals surface area contributed by atoms with E-state index < -0.39 is 0 Å². The average molecular weight is 472 g/mol. The minimum Gasteiger partial charge on any atom is -0.318 e. The van der Waals surface area contributed by atoms with Crippen LogP contribution in [0.4, 0.5) is 0 Å². The van der Waals surface area contributed by atoms with Crippen LogP contribution in [0.3, 0.4) is 0 Å². The second-order valence-corrected chi connectivity index (χ2v) is 9.97. The zero-order valence-corrected chi connectivity index (χ0v) is 19.5.